The molecule has 10 N–H and O–H groups in total. The van der Waals surface area contributed by atoms with Crippen LogP contribution in [0.25, 0.3) is 0 Å². The Kier molecular flexibility index (Phi) is 34.0. The van der Waals surface area contributed by atoms with E-state index in [2.05, 4.69) is 80.6 Å². The second-order valence-electron chi connectivity index (χ2n) is 12.7. The highest BCUT2D eigenvalue weighted by Crippen LogP contribution is 1.92. The van der Waals surface area contributed by atoms with Crippen LogP contribution in [0.5, 0.6) is 0 Å². The standard InChI is InChI=1S/2C5H10N6.C5H9N3.C5H8N2.C4H8N4.C4H7N3.C4H6N2.C3H5N3.3CH4/c1-11-3-9-4(10-11)2-8-5(6)7;1-11-4(9-3-10-11)2-8-5(6)7;1-3-5-6-4-8(2)7-5;1-5-3-4-6-7(5)2;1-8-4(2-5)6-3-7-8;1-4-5-3-7(2)6-4;1-6-3-2-5-4-6;1-6-3-4-2-5-6;;;/h2*3H,2H2,1H3,(H4,6,7,8);4H,3H2,1-2H3;3-4H,1-2H3;3H,2,5H2,1H3;3H,1-2H3;2-4H,1H3;2-3H,1H3;3*1H4. The van der Waals surface area contributed by atoms with Crippen molar-refractivity contribution in [2.75, 3.05) is 0 Å². The van der Waals surface area contributed by atoms with Gasteiger partial charge in [0.1, 0.15) is 80.7 Å². The summed E-state index contributed by atoms with van der Waals surface area (Å²) in [6.45, 7) is 7.08. The van der Waals surface area contributed by atoms with Crippen LogP contribution in [-0.4, -0.2) is 120 Å². The Hall–Kier alpha value is -8.24. The second kappa shape index (κ2) is 36.1. The third-order valence-corrected chi connectivity index (χ3v) is 7.16. The van der Waals surface area contributed by atoms with Gasteiger partial charge in [0.25, 0.3) is 0 Å². The molecule has 0 amide bonds. The van der Waals surface area contributed by atoms with Gasteiger partial charge >= 0.3 is 0 Å². The van der Waals surface area contributed by atoms with Crippen molar-refractivity contribution in [3.8, 4) is 0 Å². The molecule has 0 aliphatic heterocycles. The normalized spacial score (nSPS) is 9.01. The van der Waals surface area contributed by atoms with Crippen molar-refractivity contribution in [3.63, 3.8) is 0 Å². The zero-order valence-corrected chi connectivity index (χ0v) is 38.4. The van der Waals surface area contributed by atoms with Gasteiger partial charge in [-0.1, -0.05) is 29.2 Å². The van der Waals surface area contributed by atoms with Crippen LogP contribution in [0.1, 0.15) is 64.0 Å². The fourth-order valence-corrected chi connectivity index (χ4v) is 3.77. The van der Waals surface area contributed by atoms with Gasteiger partial charge in [0.05, 0.1) is 12.9 Å². The molecule has 0 aromatic carbocycles. The maximum absolute atomic E-state index is 5.27. The molecule has 8 aromatic rings. The number of guanidine groups is 2. The number of rotatable bonds is 6. The molecule has 0 aliphatic carbocycles. The van der Waals surface area contributed by atoms with Crippen LogP contribution >= 0.6 is 0 Å². The molecule has 29 heteroatoms. The van der Waals surface area contributed by atoms with Gasteiger partial charge in [0.15, 0.2) is 17.7 Å². The first-order valence-corrected chi connectivity index (χ1v) is 19.1. The molecule has 0 saturated heterocycles. The lowest BCUT2D eigenvalue weighted by Gasteiger charge is -1.94. The van der Waals surface area contributed by atoms with E-state index in [0.29, 0.717) is 25.5 Å². The minimum absolute atomic E-state index is 0. The number of hydrogen-bond acceptors (Lipinski definition) is 17. The number of aromatic nitrogens is 22. The largest absolute Gasteiger partial charge is 0.370 e. The summed E-state index contributed by atoms with van der Waals surface area (Å²) in [4.78, 5) is 34.5. The first-order chi connectivity index (χ1) is 30.4. The van der Waals surface area contributed by atoms with Crippen molar-refractivity contribution in [3.05, 3.63) is 110 Å². The van der Waals surface area contributed by atoms with E-state index in [1.807, 2.05) is 84.6 Å². The van der Waals surface area contributed by atoms with Crippen molar-refractivity contribution < 1.29 is 0 Å². The first kappa shape index (κ1) is 63.1. The molecule has 8 heterocycles. The molecule has 0 atom stereocenters. The summed E-state index contributed by atoms with van der Waals surface area (Å²) in [7, 11) is 14.8. The van der Waals surface area contributed by atoms with E-state index < -0.39 is 0 Å². The Morgan fingerprint density at radius 3 is 1.31 bits per heavy atom. The third kappa shape index (κ3) is 30.5. The van der Waals surface area contributed by atoms with E-state index in [-0.39, 0.29) is 34.2 Å². The monoisotopic (exact) mass is 938 g/mol. The minimum atomic E-state index is 0. The summed E-state index contributed by atoms with van der Waals surface area (Å²) < 4.78 is 13.6. The van der Waals surface area contributed by atoms with E-state index >= 15 is 0 Å². The second-order valence-corrected chi connectivity index (χ2v) is 12.7. The van der Waals surface area contributed by atoms with E-state index in [0.717, 1.165) is 29.7 Å². The van der Waals surface area contributed by atoms with Gasteiger partial charge in [0.2, 0.25) is 0 Å². The van der Waals surface area contributed by atoms with Crippen molar-refractivity contribution in [1.82, 2.24) is 108 Å². The molecule has 0 aliphatic rings. The highest BCUT2D eigenvalue weighted by molar-refractivity contribution is 5.75. The predicted molar refractivity (Wildman–Crippen MR) is 258 cm³/mol. The molecule has 0 unspecified atom stereocenters. The van der Waals surface area contributed by atoms with Gasteiger partial charge < -0.3 is 33.2 Å². The zero-order valence-electron chi connectivity index (χ0n) is 38.4. The fraction of sp³-hybridized carbons (Fsp3) is 0.474. The summed E-state index contributed by atoms with van der Waals surface area (Å²) in [5.74, 6) is 4.00. The lowest BCUT2D eigenvalue weighted by Crippen LogP contribution is -2.22. The molecule has 8 aromatic heterocycles. The van der Waals surface area contributed by atoms with Crippen LogP contribution in [0.2, 0.25) is 0 Å². The molecule has 0 spiro atoms. The molecular formula is C38H75N29. The molecule has 8 rings (SSSR count). The number of imidazole rings is 1. The number of aliphatic imine (C=N–C) groups is 2. The maximum atomic E-state index is 5.27. The summed E-state index contributed by atoms with van der Waals surface area (Å²) in [5.41, 5.74) is 26.9. The Balaban J connectivity index is -0.000000700. The van der Waals surface area contributed by atoms with Crippen molar-refractivity contribution >= 4 is 11.9 Å². The number of aryl methyl sites for hydroxylation is 11. The minimum Gasteiger partial charge on any atom is -0.370 e. The van der Waals surface area contributed by atoms with Gasteiger partial charge in [-0.25, -0.2) is 44.9 Å². The van der Waals surface area contributed by atoms with Crippen molar-refractivity contribution in [2.45, 2.75) is 69.1 Å². The quantitative estimate of drug-likeness (QED) is 0.107. The Morgan fingerprint density at radius 1 is 0.537 bits per heavy atom. The molecule has 0 radical (unpaired) electrons. The summed E-state index contributed by atoms with van der Waals surface area (Å²) in [6, 6.07) is 1.97. The van der Waals surface area contributed by atoms with E-state index in [4.69, 9.17) is 28.7 Å². The van der Waals surface area contributed by atoms with Crippen LogP contribution in [0.4, 0.5) is 0 Å². The van der Waals surface area contributed by atoms with E-state index in [1.54, 1.807) is 86.2 Å². The summed E-state index contributed by atoms with van der Waals surface area (Å²) >= 11 is 0. The summed E-state index contributed by atoms with van der Waals surface area (Å²) in [6.07, 6.45) is 19.2. The Morgan fingerprint density at radius 2 is 1.07 bits per heavy atom. The smallest absolute Gasteiger partial charge is 0.186 e. The first-order valence-electron chi connectivity index (χ1n) is 19.1. The lowest BCUT2D eigenvalue weighted by molar-refractivity contribution is 0.702. The van der Waals surface area contributed by atoms with E-state index in [1.165, 1.54) is 24.7 Å². The number of nitrogens with two attached hydrogens (primary N) is 5. The number of hydrogen-bond donors (Lipinski definition) is 5. The predicted octanol–water partition coefficient (Wildman–Crippen LogP) is -0.176. The van der Waals surface area contributed by atoms with Crippen molar-refractivity contribution in [2.24, 2.45) is 95.0 Å². The SMILES string of the molecule is C.C.C.CCc1ncn(C)n1.Cc1ccnn1C.Cc1ncn(C)n1.Cn1ccnc1.Cn1cnc(CN=C(N)N)n1.Cn1cncn1.Cn1ncnc1CN.Cn1ncnc1CN=C(N)N. The zero-order chi connectivity index (χ0) is 47.9. The van der Waals surface area contributed by atoms with Gasteiger partial charge in [-0.2, -0.15) is 35.7 Å². The Labute approximate surface area is 393 Å². The van der Waals surface area contributed by atoms with Crippen LogP contribution in [0.3, 0.4) is 0 Å². The van der Waals surface area contributed by atoms with Crippen LogP contribution in [0, 0.1) is 13.8 Å². The third-order valence-electron chi connectivity index (χ3n) is 7.16. The Bertz CT molecular complexity index is 2310. The molecule has 29 nitrogen and oxygen atoms in total. The average Bonchev–Trinajstić information content (AvgIpc) is 4.11. The van der Waals surface area contributed by atoms with E-state index in [9.17, 15) is 0 Å². The molecule has 0 bridgehead atoms. The van der Waals surface area contributed by atoms with Gasteiger partial charge in [-0.3, -0.25) is 32.8 Å². The fourth-order valence-electron chi connectivity index (χ4n) is 3.77. The molecule has 0 saturated carbocycles. The molecular weight excluding hydrogens is 863 g/mol. The van der Waals surface area contributed by atoms with Crippen LogP contribution in [-0.2, 0) is 82.4 Å². The van der Waals surface area contributed by atoms with Crippen LogP contribution < -0.4 is 28.7 Å². The number of nitrogens with zero attached hydrogens (tertiary/aromatic N) is 24. The average molecular weight is 938 g/mol. The van der Waals surface area contributed by atoms with Gasteiger partial charge in [-0.05, 0) is 19.9 Å². The van der Waals surface area contributed by atoms with Gasteiger partial charge in [-0.15, -0.1) is 0 Å². The summed E-state index contributed by atoms with van der Waals surface area (Å²) in [5, 5.41) is 27.2. The maximum Gasteiger partial charge on any atom is 0.186 e. The van der Waals surface area contributed by atoms with Crippen molar-refractivity contribution in [1.29, 1.82) is 0 Å². The topological polar surface area (TPSA) is 375 Å². The molecule has 372 valence electrons. The highest BCUT2D eigenvalue weighted by atomic mass is 15.3. The highest BCUT2D eigenvalue weighted by Gasteiger charge is 1.97. The van der Waals surface area contributed by atoms with Crippen LogP contribution in [0.15, 0.2) is 85.3 Å². The van der Waals surface area contributed by atoms with Gasteiger partial charge in [0, 0.05) is 87.1 Å². The molecule has 0 fully saturated rings. The molecule has 67 heavy (non-hydrogen) atoms. The lowest BCUT2D eigenvalue weighted by atomic mass is 10.5.